The molecule has 0 aromatic carbocycles. The highest BCUT2D eigenvalue weighted by Crippen LogP contribution is 2.10. The van der Waals surface area contributed by atoms with E-state index in [9.17, 15) is 9.59 Å². The second kappa shape index (κ2) is 6.06. The zero-order valence-corrected chi connectivity index (χ0v) is 10.1. The molecule has 82 valence electrons. The van der Waals surface area contributed by atoms with Crippen LogP contribution in [0.1, 0.15) is 34.1 Å². The topological polar surface area (TPSA) is 43.4 Å². The fourth-order valence-electron chi connectivity index (χ4n) is 0.742. The maximum absolute atomic E-state index is 11.2. The number of thioether (sulfide) groups is 1. The fourth-order valence-corrected chi connectivity index (χ4v) is 1.54. The van der Waals surface area contributed by atoms with Gasteiger partial charge in [-0.25, -0.2) is 0 Å². The van der Waals surface area contributed by atoms with Gasteiger partial charge in [-0.15, -0.1) is 11.8 Å². The first-order valence-electron chi connectivity index (χ1n) is 4.60. The van der Waals surface area contributed by atoms with Crippen molar-refractivity contribution in [2.24, 2.45) is 0 Å². The maximum Gasteiger partial charge on any atom is 0.316 e. The second-order valence-corrected chi connectivity index (χ2v) is 5.20. The maximum atomic E-state index is 11.2. The van der Waals surface area contributed by atoms with Crippen LogP contribution in [0, 0.1) is 0 Å². The minimum absolute atomic E-state index is 0.154. The predicted octanol–water partition coefficient (Wildman–Crippen LogP) is 2.04. The summed E-state index contributed by atoms with van der Waals surface area (Å²) in [5.41, 5.74) is -0.418. The third-order valence-corrected chi connectivity index (χ3v) is 2.17. The number of hydrogen-bond acceptors (Lipinski definition) is 4. The van der Waals surface area contributed by atoms with Crippen molar-refractivity contribution in [1.29, 1.82) is 0 Å². The first-order valence-corrected chi connectivity index (χ1v) is 5.76. The predicted molar refractivity (Wildman–Crippen MR) is 58.5 cm³/mol. The van der Waals surface area contributed by atoms with Crippen LogP contribution >= 0.6 is 11.8 Å². The lowest BCUT2D eigenvalue weighted by atomic mass is 10.2. The van der Waals surface area contributed by atoms with Crippen molar-refractivity contribution in [2.45, 2.75) is 39.7 Å². The van der Waals surface area contributed by atoms with Gasteiger partial charge in [0.25, 0.3) is 0 Å². The summed E-state index contributed by atoms with van der Waals surface area (Å²) in [6, 6.07) is 0. The highest BCUT2D eigenvalue weighted by atomic mass is 32.2. The number of carbonyl (C=O) groups is 2. The lowest BCUT2D eigenvalue weighted by molar-refractivity contribution is -0.151. The highest BCUT2D eigenvalue weighted by molar-refractivity contribution is 7.99. The summed E-state index contributed by atoms with van der Waals surface area (Å²) >= 11 is 1.43. The number of rotatable bonds is 5. The molecule has 0 bridgehead atoms. The monoisotopic (exact) mass is 218 g/mol. The summed E-state index contributed by atoms with van der Waals surface area (Å²) < 4.78 is 5.10. The average Bonchev–Trinajstić information content (AvgIpc) is 1.94. The Morgan fingerprint density at radius 2 is 1.86 bits per heavy atom. The Balaban J connectivity index is 3.50. The van der Waals surface area contributed by atoms with E-state index in [1.165, 1.54) is 11.8 Å². The molecule has 0 saturated heterocycles. The Labute approximate surface area is 89.6 Å². The Kier molecular flexibility index (Phi) is 5.84. The smallest absolute Gasteiger partial charge is 0.316 e. The summed E-state index contributed by atoms with van der Waals surface area (Å²) in [5.74, 6) is 0.951. The summed E-state index contributed by atoms with van der Waals surface area (Å²) in [6.07, 6.45) is 0.521. The third kappa shape index (κ3) is 9.58. The van der Waals surface area contributed by atoms with Crippen molar-refractivity contribution in [3.63, 3.8) is 0 Å². The summed E-state index contributed by atoms with van der Waals surface area (Å²) in [4.78, 5) is 21.8. The van der Waals surface area contributed by atoms with Gasteiger partial charge in [-0.1, -0.05) is 0 Å². The lowest BCUT2D eigenvalue weighted by Crippen LogP contribution is -2.25. The van der Waals surface area contributed by atoms with Gasteiger partial charge in [-0.2, -0.15) is 0 Å². The number of carbonyl (C=O) groups excluding carboxylic acids is 2. The van der Waals surface area contributed by atoms with Crippen LogP contribution < -0.4 is 0 Å². The quantitative estimate of drug-likeness (QED) is 0.523. The Morgan fingerprint density at radius 3 is 2.29 bits per heavy atom. The molecule has 0 aromatic heterocycles. The fraction of sp³-hybridized carbons (Fsp3) is 0.800. The van der Waals surface area contributed by atoms with E-state index < -0.39 is 5.60 Å². The Bertz CT molecular complexity index is 206. The molecule has 0 heterocycles. The summed E-state index contributed by atoms with van der Waals surface area (Å²) in [5, 5.41) is 0. The zero-order chi connectivity index (χ0) is 11.2. The Hall–Kier alpha value is -0.510. The molecule has 0 rings (SSSR count). The van der Waals surface area contributed by atoms with Gasteiger partial charge in [0, 0.05) is 12.2 Å². The number of ketones is 1. The van der Waals surface area contributed by atoms with Crippen LogP contribution in [0.3, 0.4) is 0 Å². The molecule has 4 heteroatoms. The minimum atomic E-state index is -0.418. The molecule has 0 atom stereocenters. The van der Waals surface area contributed by atoms with Crippen LogP contribution in [0.2, 0.25) is 0 Å². The van der Waals surface area contributed by atoms with E-state index in [1.807, 2.05) is 20.8 Å². The van der Waals surface area contributed by atoms with Crippen LogP contribution in [-0.2, 0) is 14.3 Å². The molecule has 0 aliphatic rings. The van der Waals surface area contributed by atoms with E-state index in [0.717, 1.165) is 0 Å². The van der Waals surface area contributed by atoms with Crippen LogP contribution in [0.4, 0.5) is 0 Å². The molecule has 0 fully saturated rings. The molecule has 3 nitrogen and oxygen atoms in total. The molecule has 0 N–H and O–H groups in total. The largest absolute Gasteiger partial charge is 0.459 e. The number of hydrogen-bond donors (Lipinski definition) is 0. The zero-order valence-electron chi connectivity index (χ0n) is 9.25. The molecule has 0 aliphatic heterocycles. The molecular weight excluding hydrogens is 200 g/mol. The molecule has 0 saturated carbocycles. The van der Waals surface area contributed by atoms with Gasteiger partial charge in [0.1, 0.15) is 11.4 Å². The van der Waals surface area contributed by atoms with Gasteiger partial charge < -0.3 is 4.74 Å². The van der Waals surface area contributed by atoms with Crippen LogP contribution in [0.15, 0.2) is 0 Å². The third-order valence-electron chi connectivity index (χ3n) is 1.24. The number of ether oxygens (including phenoxy) is 1. The molecule has 0 unspecified atom stereocenters. The van der Waals surface area contributed by atoms with Crippen LogP contribution in [0.25, 0.3) is 0 Å². The first kappa shape index (κ1) is 13.5. The molecule has 0 amide bonds. The Morgan fingerprint density at radius 1 is 1.29 bits per heavy atom. The number of esters is 1. The molecule has 0 aromatic rings. The minimum Gasteiger partial charge on any atom is -0.459 e. The summed E-state index contributed by atoms with van der Waals surface area (Å²) in [7, 11) is 0. The van der Waals surface area contributed by atoms with Gasteiger partial charge >= 0.3 is 5.97 Å². The van der Waals surface area contributed by atoms with E-state index in [2.05, 4.69) is 0 Å². The summed E-state index contributed by atoms with van der Waals surface area (Å²) in [6.45, 7) is 7.06. The standard InChI is InChI=1S/C10H18O3S/c1-8(11)5-6-14-7-9(12)13-10(2,3)4/h5-7H2,1-4H3. The SMILES string of the molecule is CC(=O)CCSCC(=O)OC(C)(C)C. The van der Waals surface area contributed by atoms with Gasteiger partial charge in [0.05, 0.1) is 5.75 Å². The van der Waals surface area contributed by atoms with E-state index in [4.69, 9.17) is 4.74 Å². The van der Waals surface area contributed by atoms with Crippen molar-refractivity contribution in [2.75, 3.05) is 11.5 Å². The van der Waals surface area contributed by atoms with E-state index in [1.54, 1.807) is 6.92 Å². The molecule has 14 heavy (non-hydrogen) atoms. The van der Waals surface area contributed by atoms with Crippen molar-refractivity contribution in [3.8, 4) is 0 Å². The normalized spacial score (nSPS) is 11.1. The second-order valence-electron chi connectivity index (χ2n) is 4.09. The number of Topliss-reactive ketones (excluding diaryl/α,β-unsaturated/α-hetero) is 1. The molecular formula is C10H18O3S. The van der Waals surface area contributed by atoms with E-state index in [-0.39, 0.29) is 11.8 Å². The van der Waals surface area contributed by atoms with Gasteiger partial charge in [-0.3, -0.25) is 9.59 Å². The molecule has 0 spiro atoms. The van der Waals surface area contributed by atoms with Gasteiger partial charge in [0.15, 0.2) is 0 Å². The van der Waals surface area contributed by atoms with Crippen molar-refractivity contribution in [1.82, 2.24) is 0 Å². The lowest BCUT2D eigenvalue weighted by Gasteiger charge is -2.19. The molecule has 0 aliphatic carbocycles. The highest BCUT2D eigenvalue weighted by Gasteiger charge is 2.15. The van der Waals surface area contributed by atoms with Crippen molar-refractivity contribution < 1.29 is 14.3 Å². The molecule has 0 radical (unpaired) electrons. The van der Waals surface area contributed by atoms with Gasteiger partial charge in [-0.05, 0) is 27.7 Å². The van der Waals surface area contributed by atoms with Crippen LogP contribution in [-0.4, -0.2) is 28.9 Å². The average molecular weight is 218 g/mol. The van der Waals surface area contributed by atoms with Crippen molar-refractivity contribution >= 4 is 23.5 Å². The van der Waals surface area contributed by atoms with Gasteiger partial charge in [0.2, 0.25) is 0 Å². The van der Waals surface area contributed by atoms with Crippen LogP contribution in [0.5, 0.6) is 0 Å². The van der Waals surface area contributed by atoms with E-state index >= 15 is 0 Å². The first-order chi connectivity index (χ1) is 6.31. The van der Waals surface area contributed by atoms with E-state index in [0.29, 0.717) is 17.9 Å². The van der Waals surface area contributed by atoms with Crippen molar-refractivity contribution in [3.05, 3.63) is 0 Å².